The monoisotopic (exact) mass is 1160 g/mol. The molecule has 9 N–H and O–H groups in total. The molecule has 3 heterocycles. The number of thioether (sulfide) groups is 1. The molecule has 404 valence electrons. The predicted octanol–water partition coefficient (Wildman–Crippen LogP) is 2.38. The predicted molar refractivity (Wildman–Crippen MR) is 274 cm³/mol. The quantitative estimate of drug-likeness (QED) is 0.0468. The summed E-state index contributed by atoms with van der Waals surface area (Å²) in [6.07, 6.45) is -12.4. The second-order valence-electron chi connectivity index (χ2n) is 17.2. The summed E-state index contributed by atoms with van der Waals surface area (Å²) in [4.78, 5) is 32.7. The molecule has 1 amide bonds. The van der Waals surface area contributed by atoms with E-state index in [2.05, 4.69) is 50.4 Å². The van der Waals surface area contributed by atoms with Crippen LogP contribution in [-0.4, -0.2) is 190 Å². The standard InChI is InChI=1S/C47H61BrN2O19S4/c1-20-29(38(60-5)41(62-7)39(31(20)48)68-45-37(56)40(61-6)34(53)22(3)66-45)43(57)72-42-23(4)64-28(18-25(42)51)69-50-32-21(2)65-44(36(55)35(32)54)67-27-14-12-10-11-13-16-47(59)19-26(52)33(49-46(58)63-8)30(27)24(47)15-17-71-73-70-9/h10-11,15,21-23,25-28,32,34-37,40,42,44-45,50-56,59H,17-19H2,1-9H3,(H,49,58)/b11-10-,24-15-/t21-,22+,23-,25+,26-,27+,28+,32?,34+,35+,36-,37-,40-,42-,44+,45+,47+/m1/s1. The highest BCUT2D eigenvalue weighted by Gasteiger charge is 2.50. The lowest BCUT2D eigenvalue weighted by molar-refractivity contribution is -0.301. The summed E-state index contributed by atoms with van der Waals surface area (Å²) >= 11 is 4.32. The molecular formula is C47H61BrN2O19S4. The number of amides is 1. The lowest BCUT2D eigenvalue weighted by Gasteiger charge is -2.44. The van der Waals surface area contributed by atoms with Gasteiger partial charge in [-0.3, -0.25) is 14.9 Å². The molecule has 6 rings (SSSR count). The molecule has 0 radical (unpaired) electrons. The van der Waals surface area contributed by atoms with E-state index in [0.29, 0.717) is 11.3 Å². The third-order valence-electron chi connectivity index (χ3n) is 12.5. The molecule has 2 bridgehead atoms. The first-order chi connectivity index (χ1) is 34.7. The maximum atomic E-state index is 14.2. The van der Waals surface area contributed by atoms with Gasteiger partial charge in [-0.1, -0.05) is 63.1 Å². The molecule has 5 aliphatic rings. The number of hydrogen-bond donors (Lipinski definition) is 9. The molecule has 3 saturated heterocycles. The number of aliphatic hydroxyl groups excluding tert-OH is 6. The van der Waals surface area contributed by atoms with Crippen LogP contribution in [0.15, 0.2) is 39.5 Å². The lowest BCUT2D eigenvalue weighted by Crippen LogP contribution is -2.63. The molecule has 26 heteroatoms. The Labute approximate surface area is 447 Å². The van der Waals surface area contributed by atoms with E-state index in [1.54, 1.807) is 33.8 Å². The second-order valence-corrected chi connectivity index (χ2v) is 23.5. The second kappa shape index (κ2) is 26.5. The molecule has 73 heavy (non-hydrogen) atoms. The SMILES string of the molecule is COC(=O)NC1=C2/C(=C/CSSSC)[C@](O)(C#C/C=C\C#C[C@@H]2O[C@@H]2O[C@H](C)C(NO[C@H]3C[C@H](O)[C@H](SC(=O)c4c(C)c(Br)c(O[C@@H]5O[C@@H](C)[C@H](O)[C@@H](OC)[C@H]5O)c(OC)c4OC)[C@@H](C)O3)[C@H](O)[C@H]2O)C[C@H]1O. The third-order valence-corrected chi connectivity index (χ3v) is 18.6. The molecule has 17 atom stereocenters. The first kappa shape index (κ1) is 59.5. The van der Waals surface area contributed by atoms with Crippen molar-refractivity contribution in [2.75, 3.05) is 40.4 Å². The Kier molecular flexibility index (Phi) is 21.6. The number of aliphatic hydroxyl groups is 7. The van der Waals surface area contributed by atoms with Crippen LogP contribution in [0.1, 0.15) is 49.5 Å². The van der Waals surface area contributed by atoms with Crippen molar-refractivity contribution in [1.29, 1.82) is 0 Å². The van der Waals surface area contributed by atoms with E-state index in [1.165, 1.54) is 64.9 Å². The number of rotatable bonds is 17. The number of nitrogens with one attached hydrogen (secondary N) is 2. The van der Waals surface area contributed by atoms with Crippen LogP contribution in [0.25, 0.3) is 0 Å². The van der Waals surface area contributed by atoms with Crippen LogP contribution in [0.5, 0.6) is 17.2 Å². The van der Waals surface area contributed by atoms with Gasteiger partial charge in [-0.05, 0) is 77.4 Å². The topological polar surface area (TPSA) is 292 Å². The van der Waals surface area contributed by atoms with Crippen LogP contribution >= 0.6 is 59.1 Å². The van der Waals surface area contributed by atoms with Gasteiger partial charge in [0.1, 0.15) is 36.6 Å². The van der Waals surface area contributed by atoms with Gasteiger partial charge in [-0.2, -0.15) is 5.48 Å². The summed E-state index contributed by atoms with van der Waals surface area (Å²) in [5, 5.41) is 80.5. The highest BCUT2D eigenvalue weighted by Crippen LogP contribution is 2.50. The highest BCUT2D eigenvalue weighted by atomic mass is 79.9. The van der Waals surface area contributed by atoms with Crippen molar-refractivity contribution in [3.8, 4) is 40.9 Å². The number of carbonyl (C=O) groups excluding carboxylic acids is 2. The van der Waals surface area contributed by atoms with Gasteiger partial charge >= 0.3 is 6.09 Å². The number of benzene rings is 1. The molecule has 1 unspecified atom stereocenters. The Morgan fingerprint density at radius 1 is 0.904 bits per heavy atom. The molecule has 1 aromatic carbocycles. The number of fused-ring (bicyclic) bond motifs is 2. The molecule has 0 saturated carbocycles. The van der Waals surface area contributed by atoms with Gasteiger partial charge in [0, 0.05) is 36.9 Å². The number of carbonyl (C=O) groups is 2. The number of hydrogen-bond acceptors (Lipinski definition) is 24. The number of allylic oxidation sites excluding steroid dienone is 2. The average molecular weight is 1170 g/mol. The highest BCUT2D eigenvalue weighted by molar-refractivity contribution is 9.10. The van der Waals surface area contributed by atoms with Gasteiger partial charge < -0.3 is 78.4 Å². The molecule has 1 aromatic rings. The fraction of sp³-hybridized carbons (Fsp3) is 0.617. The van der Waals surface area contributed by atoms with E-state index >= 15 is 0 Å². The van der Waals surface area contributed by atoms with Crippen molar-refractivity contribution in [3.63, 3.8) is 0 Å². The van der Waals surface area contributed by atoms with E-state index in [4.69, 9.17) is 47.5 Å². The zero-order chi connectivity index (χ0) is 53.5. The van der Waals surface area contributed by atoms with Crippen molar-refractivity contribution in [1.82, 2.24) is 10.8 Å². The van der Waals surface area contributed by atoms with Gasteiger partial charge in [0.15, 0.2) is 29.7 Å². The largest absolute Gasteiger partial charge is 0.492 e. The summed E-state index contributed by atoms with van der Waals surface area (Å²) in [7, 11) is 9.65. The number of methoxy groups -OCH3 is 4. The Morgan fingerprint density at radius 2 is 1.60 bits per heavy atom. The van der Waals surface area contributed by atoms with Crippen LogP contribution in [0.4, 0.5) is 4.79 Å². The Morgan fingerprint density at radius 3 is 2.26 bits per heavy atom. The van der Waals surface area contributed by atoms with E-state index in [0.717, 1.165) is 18.9 Å². The number of halogens is 1. The zero-order valence-electron chi connectivity index (χ0n) is 41.1. The van der Waals surface area contributed by atoms with E-state index in [-0.39, 0.29) is 57.0 Å². The van der Waals surface area contributed by atoms with Gasteiger partial charge in [-0.25, -0.2) is 4.79 Å². The van der Waals surface area contributed by atoms with Crippen LogP contribution in [0, 0.1) is 30.6 Å². The minimum atomic E-state index is -1.93. The van der Waals surface area contributed by atoms with Crippen molar-refractivity contribution in [2.45, 2.75) is 143 Å². The number of alkyl carbamates (subject to hydrolysis) is 1. The van der Waals surface area contributed by atoms with Gasteiger partial charge in [0.25, 0.3) is 0 Å². The molecule has 0 spiro atoms. The maximum Gasteiger partial charge on any atom is 0.411 e. The fourth-order valence-electron chi connectivity index (χ4n) is 8.80. The van der Waals surface area contributed by atoms with E-state index in [9.17, 15) is 45.3 Å². The minimum Gasteiger partial charge on any atom is -0.492 e. The van der Waals surface area contributed by atoms with Gasteiger partial charge in [0.2, 0.25) is 17.2 Å². The molecule has 3 fully saturated rings. The summed E-state index contributed by atoms with van der Waals surface area (Å²) < 4.78 is 52.2. The average Bonchev–Trinajstić information content (AvgIpc) is 3.35. The first-order valence-corrected chi connectivity index (χ1v) is 28.5. The van der Waals surface area contributed by atoms with Crippen molar-refractivity contribution < 1.29 is 92.8 Å². The summed E-state index contributed by atoms with van der Waals surface area (Å²) in [6, 6.07) is -1.10. The van der Waals surface area contributed by atoms with Gasteiger partial charge in [0.05, 0.1) is 78.9 Å². The van der Waals surface area contributed by atoms with Crippen molar-refractivity contribution >= 4 is 70.3 Å². The van der Waals surface area contributed by atoms with Gasteiger partial charge in [-0.15, -0.1) is 0 Å². The Balaban J connectivity index is 1.14. The van der Waals surface area contributed by atoms with Crippen LogP contribution in [0.2, 0.25) is 0 Å². The van der Waals surface area contributed by atoms with Crippen LogP contribution in [-0.2, 0) is 33.3 Å². The summed E-state index contributed by atoms with van der Waals surface area (Å²) in [6.45, 7) is 6.47. The van der Waals surface area contributed by atoms with Crippen molar-refractivity contribution in [2.24, 2.45) is 0 Å². The molecule has 2 aliphatic carbocycles. The third kappa shape index (κ3) is 13.3. The minimum absolute atomic E-state index is 0.00246. The molecule has 21 nitrogen and oxygen atoms in total. The smallest absolute Gasteiger partial charge is 0.411 e. The van der Waals surface area contributed by atoms with Crippen molar-refractivity contribution in [3.05, 3.63) is 50.7 Å². The summed E-state index contributed by atoms with van der Waals surface area (Å²) in [5.41, 5.74) is 1.41. The van der Waals surface area contributed by atoms with E-state index < -0.39 is 114 Å². The first-order valence-electron chi connectivity index (χ1n) is 22.7. The maximum absolute atomic E-state index is 14.2. The Bertz CT molecular complexity index is 2370. The zero-order valence-corrected chi connectivity index (χ0v) is 46.0. The lowest BCUT2D eigenvalue weighted by atomic mass is 9.74. The molecular weight excluding hydrogens is 1100 g/mol. The summed E-state index contributed by atoms with van der Waals surface area (Å²) in [5.74, 6) is 11.7. The fourth-order valence-corrected chi connectivity index (χ4v) is 12.8. The number of hydroxylamine groups is 1. The van der Waals surface area contributed by atoms with Crippen LogP contribution < -0.4 is 25.0 Å². The molecule has 3 aliphatic heterocycles. The number of ether oxygens (including phenoxy) is 9. The van der Waals surface area contributed by atoms with Crippen LogP contribution in [0.3, 0.4) is 0 Å². The normalized spacial score (nSPS) is 36.2. The molecule has 0 aromatic heterocycles. The van der Waals surface area contributed by atoms with E-state index in [1.807, 2.05) is 6.26 Å². The Hall–Kier alpha value is -2.78.